The fourth-order valence-corrected chi connectivity index (χ4v) is 1.30. The number of aliphatic hydroxyl groups is 2. The number of rotatable bonds is 4. The Balaban J connectivity index is 3.31. The summed E-state index contributed by atoms with van der Waals surface area (Å²) in [7, 11) is 0. The van der Waals surface area contributed by atoms with Crippen LogP contribution in [0.5, 0.6) is 0 Å². The number of hydrogen-bond donors (Lipinski definition) is 4. The fraction of sp³-hybridized carbons (Fsp3) is 0.200. The van der Waals surface area contributed by atoms with Crippen molar-refractivity contribution in [2.24, 2.45) is 0 Å². The topological polar surface area (TPSA) is 115 Å². The van der Waals surface area contributed by atoms with Gasteiger partial charge in [0, 0.05) is 5.56 Å². The van der Waals surface area contributed by atoms with Gasteiger partial charge in [0.1, 0.15) is 23.3 Å². The zero-order valence-corrected chi connectivity index (χ0v) is 8.67. The zero-order chi connectivity index (χ0) is 14.0. The number of aromatic carboxylic acids is 1. The molecule has 6 nitrogen and oxygen atoms in total. The van der Waals surface area contributed by atoms with Crippen molar-refractivity contribution in [3.63, 3.8) is 0 Å². The van der Waals surface area contributed by atoms with Gasteiger partial charge in [-0.2, -0.15) is 0 Å². The number of aliphatic hydroxyl groups excluding tert-OH is 2. The lowest BCUT2D eigenvalue weighted by molar-refractivity contribution is -0.153. The molecule has 2 unspecified atom stereocenters. The van der Waals surface area contributed by atoms with E-state index in [1.807, 2.05) is 0 Å². The predicted molar refractivity (Wildman–Crippen MR) is 51.9 cm³/mol. The molecule has 0 saturated carbocycles. The highest BCUT2D eigenvalue weighted by Crippen LogP contribution is 2.24. The zero-order valence-electron chi connectivity index (χ0n) is 8.67. The molecule has 1 aromatic carbocycles. The van der Waals surface area contributed by atoms with Gasteiger partial charge in [-0.3, -0.25) is 0 Å². The summed E-state index contributed by atoms with van der Waals surface area (Å²) in [4.78, 5) is 21.0. The van der Waals surface area contributed by atoms with Crippen molar-refractivity contribution in [2.45, 2.75) is 12.2 Å². The third-order valence-electron chi connectivity index (χ3n) is 2.21. The van der Waals surface area contributed by atoms with Gasteiger partial charge in [-0.05, 0) is 6.07 Å². The van der Waals surface area contributed by atoms with E-state index in [4.69, 9.17) is 15.3 Å². The number of carboxylic acids is 2. The highest BCUT2D eigenvalue weighted by molar-refractivity contribution is 5.88. The minimum atomic E-state index is -2.35. The van der Waals surface area contributed by atoms with Crippen LogP contribution in [0.1, 0.15) is 22.0 Å². The van der Waals surface area contributed by atoms with Crippen LogP contribution in [0.4, 0.5) is 8.78 Å². The third kappa shape index (κ3) is 2.44. The van der Waals surface area contributed by atoms with Crippen LogP contribution >= 0.6 is 0 Å². The summed E-state index contributed by atoms with van der Waals surface area (Å²) in [6, 6.07) is 1.22. The van der Waals surface area contributed by atoms with Crippen LogP contribution in [0.15, 0.2) is 12.1 Å². The molecule has 1 rings (SSSR count). The largest absolute Gasteiger partial charge is 0.479 e. The smallest absolute Gasteiger partial charge is 0.341 e. The van der Waals surface area contributed by atoms with Crippen LogP contribution in [0.2, 0.25) is 0 Å². The molecule has 4 N–H and O–H groups in total. The molecule has 0 aliphatic carbocycles. The van der Waals surface area contributed by atoms with Crippen LogP contribution in [0.25, 0.3) is 0 Å². The molecule has 1 aromatic rings. The van der Waals surface area contributed by atoms with Gasteiger partial charge in [0.15, 0.2) is 6.10 Å². The number of carbonyl (C=O) groups is 2. The lowest BCUT2D eigenvalue weighted by atomic mass is 10.0. The molecule has 8 heteroatoms. The molecule has 0 aliphatic rings. The van der Waals surface area contributed by atoms with E-state index in [2.05, 4.69) is 0 Å². The van der Waals surface area contributed by atoms with E-state index in [-0.39, 0.29) is 0 Å². The van der Waals surface area contributed by atoms with E-state index in [0.29, 0.717) is 12.1 Å². The molecule has 18 heavy (non-hydrogen) atoms. The molecular formula is C10H8F2O6. The van der Waals surface area contributed by atoms with Crippen molar-refractivity contribution in [3.8, 4) is 0 Å². The van der Waals surface area contributed by atoms with Gasteiger partial charge < -0.3 is 20.4 Å². The molecule has 0 heterocycles. The third-order valence-corrected chi connectivity index (χ3v) is 2.21. The van der Waals surface area contributed by atoms with Gasteiger partial charge in [-0.25, -0.2) is 18.4 Å². The van der Waals surface area contributed by atoms with Crippen molar-refractivity contribution < 1.29 is 38.8 Å². The first-order valence-corrected chi connectivity index (χ1v) is 4.57. The van der Waals surface area contributed by atoms with Crippen molar-refractivity contribution in [1.82, 2.24) is 0 Å². The summed E-state index contributed by atoms with van der Waals surface area (Å²) in [5.41, 5.74) is -2.15. The average molecular weight is 262 g/mol. The maximum absolute atomic E-state index is 13.6. The normalized spacial score (nSPS) is 14.0. The van der Waals surface area contributed by atoms with Crippen molar-refractivity contribution in [2.75, 3.05) is 0 Å². The average Bonchev–Trinajstić information content (AvgIpc) is 2.26. The minimum absolute atomic E-state index is 0.555. The Morgan fingerprint density at radius 2 is 1.67 bits per heavy atom. The Hall–Kier alpha value is -2.06. The molecule has 0 aliphatic heterocycles. The second kappa shape index (κ2) is 5.07. The Kier molecular flexibility index (Phi) is 3.94. The quantitative estimate of drug-likeness (QED) is 0.613. The first-order chi connectivity index (χ1) is 8.27. The Bertz CT molecular complexity index is 501. The summed E-state index contributed by atoms with van der Waals surface area (Å²) < 4.78 is 26.6. The number of hydrogen-bond acceptors (Lipinski definition) is 4. The van der Waals surface area contributed by atoms with Crippen molar-refractivity contribution >= 4 is 11.9 Å². The maximum Gasteiger partial charge on any atom is 0.341 e. The minimum Gasteiger partial charge on any atom is -0.479 e. The first-order valence-electron chi connectivity index (χ1n) is 4.57. The summed E-state index contributed by atoms with van der Waals surface area (Å²) >= 11 is 0. The van der Waals surface area contributed by atoms with Gasteiger partial charge in [0.25, 0.3) is 0 Å². The SMILES string of the molecule is O=C(O)c1c(F)ccc(C(O)C(O)C(=O)O)c1F. The highest BCUT2D eigenvalue weighted by atomic mass is 19.1. The van der Waals surface area contributed by atoms with Crippen LogP contribution < -0.4 is 0 Å². The molecule has 98 valence electrons. The number of aliphatic carboxylic acids is 1. The molecular weight excluding hydrogens is 254 g/mol. The highest BCUT2D eigenvalue weighted by Gasteiger charge is 2.30. The van der Waals surface area contributed by atoms with Crippen molar-refractivity contribution in [3.05, 3.63) is 34.9 Å². The summed E-state index contributed by atoms with van der Waals surface area (Å²) in [5.74, 6) is -6.75. The van der Waals surface area contributed by atoms with Crippen molar-refractivity contribution in [1.29, 1.82) is 0 Å². The second-order valence-electron chi connectivity index (χ2n) is 3.36. The van der Waals surface area contributed by atoms with Gasteiger partial charge in [-0.1, -0.05) is 6.07 Å². The van der Waals surface area contributed by atoms with Crippen LogP contribution in [-0.2, 0) is 4.79 Å². The van der Waals surface area contributed by atoms with E-state index >= 15 is 0 Å². The summed E-state index contributed by atoms with van der Waals surface area (Å²) in [5, 5.41) is 35.3. The van der Waals surface area contributed by atoms with E-state index in [1.54, 1.807) is 0 Å². The van der Waals surface area contributed by atoms with Crippen LogP contribution in [-0.4, -0.2) is 38.5 Å². The van der Waals surface area contributed by atoms with Gasteiger partial charge in [-0.15, -0.1) is 0 Å². The number of benzene rings is 1. The van der Waals surface area contributed by atoms with Crippen LogP contribution in [0.3, 0.4) is 0 Å². The molecule has 0 saturated heterocycles. The molecule has 0 aromatic heterocycles. The van der Waals surface area contributed by atoms with Gasteiger partial charge >= 0.3 is 11.9 Å². The lowest BCUT2D eigenvalue weighted by Gasteiger charge is -2.16. The number of carboxylic acid groups (broad SMARTS) is 2. The second-order valence-corrected chi connectivity index (χ2v) is 3.36. The summed E-state index contributed by atoms with van der Waals surface area (Å²) in [6.45, 7) is 0. The maximum atomic E-state index is 13.6. The Labute approximate surface area is 98.7 Å². The van der Waals surface area contributed by atoms with Crippen LogP contribution in [0, 0.1) is 11.6 Å². The molecule has 0 spiro atoms. The summed E-state index contributed by atoms with van der Waals surface area (Å²) in [6.07, 6.45) is -4.56. The standard InChI is InChI=1S/C10H8F2O6/c11-4-2-1-3(6(12)5(4)9(15)16)7(13)8(14)10(17)18/h1-2,7-8,13-14H,(H,15,16)(H,17,18). The monoisotopic (exact) mass is 262 g/mol. The number of halogens is 2. The van der Waals surface area contributed by atoms with Gasteiger partial charge in [0.05, 0.1) is 0 Å². The predicted octanol–water partition coefficient (Wildman–Crippen LogP) is 0.142. The van der Waals surface area contributed by atoms with E-state index < -0.39 is 46.9 Å². The Morgan fingerprint density at radius 1 is 1.11 bits per heavy atom. The fourth-order valence-electron chi connectivity index (χ4n) is 1.30. The van der Waals surface area contributed by atoms with E-state index in [0.717, 1.165) is 0 Å². The molecule has 0 fully saturated rings. The van der Waals surface area contributed by atoms with E-state index in [9.17, 15) is 23.5 Å². The van der Waals surface area contributed by atoms with Gasteiger partial charge in [0.2, 0.25) is 0 Å². The molecule has 2 atom stereocenters. The molecule has 0 amide bonds. The molecule has 0 bridgehead atoms. The first kappa shape index (κ1) is 14.0. The van der Waals surface area contributed by atoms with E-state index in [1.165, 1.54) is 0 Å². The Morgan fingerprint density at radius 3 is 2.11 bits per heavy atom. The molecule has 0 radical (unpaired) electrons. The lowest BCUT2D eigenvalue weighted by Crippen LogP contribution is -2.28.